The monoisotopic (exact) mass is 475 g/mol. The van der Waals surface area contributed by atoms with Gasteiger partial charge in [0.05, 0.1) is 11.3 Å². The van der Waals surface area contributed by atoms with Crippen LogP contribution in [-0.2, 0) is 17.8 Å². The summed E-state index contributed by atoms with van der Waals surface area (Å²) in [5.41, 5.74) is 2.64. The Morgan fingerprint density at radius 2 is 1.94 bits per heavy atom. The molecule has 0 fully saturated rings. The molecule has 0 spiro atoms. The van der Waals surface area contributed by atoms with Crippen molar-refractivity contribution in [1.29, 1.82) is 0 Å². The van der Waals surface area contributed by atoms with Gasteiger partial charge in [-0.3, -0.25) is 19.3 Å². The summed E-state index contributed by atoms with van der Waals surface area (Å²) in [4.78, 5) is 30.8. The van der Waals surface area contributed by atoms with Crippen LogP contribution in [0.1, 0.15) is 11.3 Å². The zero-order valence-corrected chi connectivity index (χ0v) is 19.5. The second kappa shape index (κ2) is 9.21. The van der Waals surface area contributed by atoms with Crippen LogP contribution >= 0.6 is 23.1 Å². The topological polar surface area (TPSA) is 92.7 Å². The number of nitrogens with one attached hydrogen (secondary N) is 2. The third-order valence-corrected chi connectivity index (χ3v) is 7.34. The minimum absolute atomic E-state index is 0.0667. The Morgan fingerprint density at radius 3 is 2.73 bits per heavy atom. The Balaban J connectivity index is 1.47. The average Bonchev–Trinajstić information content (AvgIpc) is 3.41. The van der Waals surface area contributed by atoms with E-state index in [0.29, 0.717) is 34.2 Å². The first kappa shape index (κ1) is 21.4. The number of thioether (sulfide) groups is 1. The maximum Gasteiger partial charge on any atom is 0.272 e. The molecule has 2 N–H and O–H groups in total. The predicted octanol–water partition coefficient (Wildman–Crippen LogP) is 4.62. The van der Waals surface area contributed by atoms with Crippen molar-refractivity contribution in [3.63, 3.8) is 0 Å². The predicted molar refractivity (Wildman–Crippen MR) is 134 cm³/mol. The minimum Gasteiger partial charge on any atom is -0.308 e. The number of anilines is 1. The van der Waals surface area contributed by atoms with Gasteiger partial charge in [-0.2, -0.15) is 5.10 Å². The molecule has 2 aromatic carbocycles. The van der Waals surface area contributed by atoms with Gasteiger partial charge in [-0.25, -0.2) is 4.98 Å². The number of H-pyrrole nitrogens is 1. The molecular formula is C24H21N5O2S2. The standard InChI is InChI=1S/C24H21N5O2S2/c1-15-13-19(28-27-15)25-20(30)14-32-24-26-21-17-9-5-6-10-18(17)33-22(21)23(31)29(24)12-11-16-7-3-2-4-8-16/h2-10,13H,11-12,14H2,1H3,(H2,25,27,28,30). The molecule has 0 aliphatic heterocycles. The number of carbonyl (C=O) groups is 1. The van der Waals surface area contributed by atoms with Crippen LogP contribution in [0.15, 0.2) is 70.6 Å². The van der Waals surface area contributed by atoms with Gasteiger partial charge in [-0.05, 0) is 25.0 Å². The normalized spacial score (nSPS) is 11.3. The Kier molecular flexibility index (Phi) is 5.97. The zero-order valence-electron chi connectivity index (χ0n) is 17.9. The summed E-state index contributed by atoms with van der Waals surface area (Å²) in [7, 11) is 0. The summed E-state index contributed by atoms with van der Waals surface area (Å²) < 4.78 is 3.37. The third kappa shape index (κ3) is 4.55. The van der Waals surface area contributed by atoms with Gasteiger partial charge < -0.3 is 5.32 Å². The fourth-order valence-electron chi connectivity index (χ4n) is 3.64. The number of aromatic nitrogens is 4. The number of aromatic amines is 1. The molecule has 0 saturated heterocycles. The number of aryl methyl sites for hydroxylation is 2. The number of rotatable bonds is 7. The van der Waals surface area contributed by atoms with E-state index in [1.807, 2.05) is 61.5 Å². The Labute approximate surface area is 197 Å². The van der Waals surface area contributed by atoms with Gasteiger partial charge in [0.1, 0.15) is 4.70 Å². The molecule has 0 aliphatic carbocycles. The molecule has 9 heteroatoms. The molecule has 0 unspecified atom stereocenters. The second-order valence-electron chi connectivity index (χ2n) is 7.64. The lowest BCUT2D eigenvalue weighted by Gasteiger charge is -2.12. The molecule has 0 atom stereocenters. The Morgan fingerprint density at radius 1 is 1.15 bits per heavy atom. The maximum atomic E-state index is 13.5. The van der Waals surface area contributed by atoms with E-state index in [-0.39, 0.29) is 17.2 Å². The van der Waals surface area contributed by atoms with Crippen molar-refractivity contribution in [3.05, 3.63) is 82.3 Å². The lowest BCUT2D eigenvalue weighted by atomic mass is 10.1. The number of hydrogen-bond acceptors (Lipinski definition) is 6. The second-order valence-corrected chi connectivity index (χ2v) is 9.63. The van der Waals surface area contributed by atoms with Gasteiger partial charge in [0.15, 0.2) is 11.0 Å². The van der Waals surface area contributed by atoms with Crippen LogP contribution < -0.4 is 10.9 Å². The molecule has 0 saturated carbocycles. The quantitative estimate of drug-likeness (QED) is 0.265. The van der Waals surface area contributed by atoms with Gasteiger partial charge in [-0.1, -0.05) is 60.3 Å². The highest BCUT2D eigenvalue weighted by Gasteiger charge is 2.17. The summed E-state index contributed by atoms with van der Waals surface area (Å²) in [5.74, 6) is 0.398. The maximum absolute atomic E-state index is 13.5. The van der Waals surface area contributed by atoms with E-state index >= 15 is 0 Å². The van der Waals surface area contributed by atoms with E-state index in [0.717, 1.165) is 21.3 Å². The van der Waals surface area contributed by atoms with E-state index in [4.69, 9.17) is 4.98 Å². The molecule has 0 radical (unpaired) electrons. The summed E-state index contributed by atoms with van der Waals surface area (Å²) in [5, 5.41) is 11.1. The SMILES string of the molecule is Cc1cc(NC(=O)CSc2nc3c(sc4ccccc43)c(=O)n2CCc2ccccc2)n[nH]1. The third-order valence-electron chi connectivity index (χ3n) is 5.22. The minimum atomic E-state index is -0.203. The molecule has 5 aromatic rings. The molecule has 166 valence electrons. The van der Waals surface area contributed by atoms with Crippen molar-refractivity contribution >= 4 is 55.1 Å². The molecule has 0 aliphatic rings. The number of benzene rings is 2. The number of carbonyl (C=O) groups excluding carboxylic acids is 1. The van der Waals surface area contributed by atoms with E-state index in [9.17, 15) is 9.59 Å². The van der Waals surface area contributed by atoms with Crippen molar-refractivity contribution in [2.24, 2.45) is 0 Å². The van der Waals surface area contributed by atoms with Crippen LogP contribution in [0.4, 0.5) is 5.82 Å². The largest absolute Gasteiger partial charge is 0.308 e. The Hall–Kier alpha value is -3.43. The molecule has 33 heavy (non-hydrogen) atoms. The first-order valence-corrected chi connectivity index (χ1v) is 12.3. The van der Waals surface area contributed by atoms with Crippen LogP contribution in [0, 0.1) is 6.92 Å². The number of thiophene rings is 1. The molecule has 5 rings (SSSR count). The molecule has 1 amide bonds. The smallest absolute Gasteiger partial charge is 0.272 e. The fraction of sp³-hybridized carbons (Fsp3) is 0.167. The Bertz CT molecular complexity index is 1500. The summed E-state index contributed by atoms with van der Waals surface area (Å²) >= 11 is 2.73. The van der Waals surface area contributed by atoms with Crippen molar-refractivity contribution in [2.45, 2.75) is 25.0 Å². The summed E-state index contributed by atoms with van der Waals surface area (Å²) in [6.07, 6.45) is 0.700. The zero-order chi connectivity index (χ0) is 22.8. The van der Waals surface area contributed by atoms with E-state index in [1.165, 1.54) is 23.1 Å². The lowest BCUT2D eigenvalue weighted by Crippen LogP contribution is -2.24. The first-order chi connectivity index (χ1) is 16.1. The molecule has 7 nitrogen and oxygen atoms in total. The van der Waals surface area contributed by atoms with Gasteiger partial charge in [0, 0.05) is 28.4 Å². The van der Waals surface area contributed by atoms with E-state index < -0.39 is 0 Å². The highest BCUT2D eigenvalue weighted by atomic mass is 32.2. The highest BCUT2D eigenvalue weighted by Crippen LogP contribution is 2.31. The number of amides is 1. The molecule has 0 bridgehead atoms. The van der Waals surface area contributed by atoms with Crippen molar-refractivity contribution in [3.8, 4) is 0 Å². The summed E-state index contributed by atoms with van der Waals surface area (Å²) in [6, 6.07) is 19.7. The van der Waals surface area contributed by atoms with Crippen LogP contribution in [0.5, 0.6) is 0 Å². The molecular weight excluding hydrogens is 454 g/mol. The van der Waals surface area contributed by atoms with Gasteiger partial charge in [0.25, 0.3) is 5.56 Å². The van der Waals surface area contributed by atoms with Crippen LogP contribution in [0.3, 0.4) is 0 Å². The van der Waals surface area contributed by atoms with Crippen molar-refractivity contribution < 1.29 is 4.79 Å². The van der Waals surface area contributed by atoms with E-state index in [1.54, 1.807) is 10.6 Å². The number of fused-ring (bicyclic) bond motifs is 3. The molecule has 3 heterocycles. The average molecular weight is 476 g/mol. The number of hydrogen-bond donors (Lipinski definition) is 2. The highest BCUT2D eigenvalue weighted by molar-refractivity contribution is 7.99. The van der Waals surface area contributed by atoms with E-state index in [2.05, 4.69) is 15.5 Å². The molecule has 3 aromatic heterocycles. The van der Waals surface area contributed by atoms with Crippen LogP contribution in [0.25, 0.3) is 20.3 Å². The van der Waals surface area contributed by atoms with Gasteiger partial charge in [-0.15, -0.1) is 11.3 Å². The van der Waals surface area contributed by atoms with Crippen molar-refractivity contribution in [2.75, 3.05) is 11.1 Å². The van der Waals surface area contributed by atoms with Gasteiger partial charge >= 0.3 is 0 Å². The van der Waals surface area contributed by atoms with Crippen LogP contribution in [0.2, 0.25) is 0 Å². The number of nitrogens with zero attached hydrogens (tertiary/aromatic N) is 3. The lowest BCUT2D eigenvalue weighted by molar-refractivity contribution is -0.113. The van der Waals surface area contributed by atoms with Gasteiger partial charge in [0.2, 0.25) is 5.91 Å². The fourth-order valence-corrected chi connectivity index (χ4v) is 5.55. The van der Waals surface area contributed by atoms with Crippen molar-refractivity contribution in [1.82, 2.24) is 19.7 Å². The van der Waals surface area contributed by atoms with Crippen LogP contribution in [-0.4, -0.2) is 31.4 Å². The summed E-state index contributed by atoms with van der Waals surface area (Å²) in [6.45, 7) is 2.36. The first-order valence-electron chi connectivity index (χ1n) is 10.5.